The highest BCUT2D eigenvalue weighted by Gasteiger charge is 2.60. The number of carboxylic acid groups (broad SMARTS) is 1. The summed E-state index contributed by atoms with van der Waals surface area (Å²) >= 11 is 2.81. The highest BCUT2D eigenvalue weighted by Crippen LogP contribution is 2.52. The number of nitrogens with zero attached hydrogens (tertiary/aromatic N) is 2. The van der Waals surface area contributed by atoms with E-state index in [1.807, 2.05) is 12.3 Å². The minimum atomic E-state index is -1.11. The third kappa shape index (κ3) is 3.34. The van der Waals surface area contributed by atoms with Crippen LogP contribution in [-0.2, 0) is 9.59 Å². The first-order valence-electron chi connectivity index (χ1n) is 9.77. The SMILES string of the molecule is CC(C)[C@H]1C=C(c2csc(SC3=C(C(=O)O)N4C(=O)[C@H]([C@@H](C)O)[C@H]4[C@H]3C)n2)CN1. The van der Waals surface area contributed by atoms with E-state index >= 15 is 0 Å². The first-order valence-corrected chi connectivity index (χ1v) is 11.5. The van der Waals surface area contributed by atoms with Crippen LogP contribution in [0.15, 0.2) is 26.4 Å². The van der Waals surface area contributed by atoms with Gasteiger partial charge in [-0.25, -0.2) is 9.78 Å². The minimum Gasteiger partial charge on any atom is -0.477 e. The van der Waals surface area contributed by atoms with E-state index < -0.39 is 18.0 Å². The van der Waals surface area contributed by atoms with Crippen molar-refractivity contribution in [3.63, 3.8) is 0 Å². The molecule has 0 aliphatic carbocycles. The zero-order valence-corrected chi connectivity index (χ0v) is 18.4. The van der Waals surface area contributed by atoms with Gasteiger partial charge in [0.25, 0.3) is 0 Å². The van der Waals surface area contributed by atoms with Crippen LogP contribution < -0.4 is 5.32 Å². The summed E-state index contributed by atoms with van der Waals surface area (Å²) in [6, 6.07) is 0.0369. The van der Waals surface area contributed by atoms with Gasteiger partial charge in [0.1, 0.15) is 5.70 Å². The van der Waals surface area contributed by atoms with Gasteiger partial charge >= 0.3 is 5.97 Å². The first kappa shape index (κ1) is 20.6. The molecule has 4 rings (SSSR count). The van der Waals surface area contributed by atoms with Crippen LogP contribution in [0, 0.1) is 17.8 Å². The predicted molar refractivity (Wildman–Crippen MR) is 112 cm³/mol. The molecule has 7 nitrogen and oxygen atoms in total. The summed E-state index contributed by atoms with van der Waals surface area (Å²) in [5.41, 5.74) is 2.11. The Bertz CT molecular complexity index is 921. The molecule has 0 unspecified atom stereocenters. The molecule has 1 aromatic heterocycles. The van der Waals surface area contributed by atoms with Crippen molar-refractivity contribution in [1.29, 1.82) is 0 Å². The number of aliphatic hydroxyl groups excluding tert-OH is 1. The number of β-lactam (4-membered cyclic amide) rings is 1. The Hall–Kier alpha value is -1.68. The van der Waals surface area contributed by atoms with Gasteiger partial charge in [-0.1, -0.05) is 38.6 Å². The van der Waals surface area contributed by atoms with Crippen molar-refractivity contribution >= 4 is 40.5 Å². The molecule has 1 fully saturated rings. The lowest BCUT2D eigenvalue weighted by atomic mass is 9.79. The molecule has 1 saturated heterocycles. The maximum absolute atomic E-state index is 12.4. The van der Waals surface area contributed by atoms with Gasteiger partial charge in [0.2, 0.25) is 5.91 Å². The predicted octanol–water partition coefficient (Wildman–Crippen LogP) is 2.40. The maximum atomic E-state index is 12.4. The number of thioether (sulfide) groups is 1. The van der Waals surface area contributed by atoms with Crippen molar-refractivity contribution in [2.45, 2.75) is 50.2 Å². The van der Waals surface area contributed by atoms with Gasteiger partial charge in [-0.3, -0.25) is 4.79 Å². The summed E-state index contributed by atoms with van der Waals surface area (Å²) in [6.07, 6.45) is 1.42. The fourth-order valence-corrected chi connectivity index (χ4v) is 6.48. The molecular weight excluding hydrogens is 410 g/mol. The van der Waals surface area contributed by atoms with Gasteiger partial charge in [0, 0.05) is 28.8 Å². The van der Waals surface area contributed by atoms with Crippen molar-refractivity contribution in [1.82, 2.24) is 15.2 Å². The molecular formula is C20H25N3O4S2. The number of rotatable bonds is 6. The zero-order chi connectivity index (χ0) is 21.0. The number of aliphatic carboxylic acids is 1. The van der Waals surface area contributed by atoms with E-state index in [2.05, 4.69) is 25.2 Å². The summed E-state index contributed by atoms with van der Waals surface area (Å²) in [5, 5.41) is 25.2. The molecule has 29 heavy (non-hydrogen) atoms. The second-order valence-corrected chi connectivity index (χ2v) is 10.4. The number of nitrogens with one attached hydrogen (secondary N) is 1. The fourth-order valence-electron chi connectivity index (χ4n) is 4.37. The molecule has 3 N–H and O–H groups in total. The smallest absolute Gasteiger partial charge is 0.353 e. The summed E-state index contributed by atoms with van der Waals surface area (Å²) < 4.78 is 0.762. The average Bonchev–Trinajstić information content (AvgIpc) is 3.33. The van der Waals surface area contributed by atoms with Gasteiger partial charge in [-0.15, -0.1) is 11.3 Å². The van der Waals surface area contributed by atoms with Crippen LogP contribution in [0.5, 0.6) is 0 Å². The van der Waals surface area contributed by atoms with Crippen molar-refractivity contribution in [2.75, 3.05) is 6.54 Å². The Balaban J connectivity index is 1.58. The number of amides is 1. The van der Waals surface area contributed by atoms with E-state index in [0.717, 1.165) is 22.2 Å². The molecule has 0 radical (unpaired) electrons. The van der Waals surface area contributed by atoms with Crippen molar-refractivity contribution < 1.29 is 19.8 Å². The van der Waals surface area contributed by atoms with Crippen molar-refractivity contribution in [3.8, 4) is 0 Å². The standard InChI is InChI=1S/C20H25N3O4S2/c1-8(2)12-5-11(6-21-12)13-7-28-20(22-13)29-17-9(3)15-14(10(4)24)18(25)23(15)16(17)19(26)27/h5,7-10,12,14-15,21,24H,6H2,1-4H3,(H,26,27)/t9-,10-,12-,14-,15-/m1/s1. The van der Waals surface area contributed by atoms with E-state index in [1.165, 1.54) is 28.0 Å². The Morgan fingerprint density at radius 3 is 2.72 bits per heavy atom. The third-order valence-corrected chi connectivity index (χ3v) is 8.17. The first-order chi connectivity index (χ1) is 13.7. The highest BCUT2D eigenvalue weighted by molar-refractivity contribution is 8.04. The van der Waals surface area contributed by atoms with E-state index in [0.29, 0.717) is 16.9 Å². The Morgan fingerprint density at radius 1 is 1.41 bits per heavy atom. The Morgan fingerprint density at radius 2 is 2.14 bits per heavy atom. The molecule has 0 aromatic carbocycles. The molecule has 0 spiro atoms. The second kappa shape index (κ2) is 7.54. The highest BCUT2D eigenvalue weighted by atomic mass is 32.2. The van der Waals surface area contributed by atoms with Gasteiger partial charge in [-0.05, 0) is 18.4 Å². The zero-order valence-electron chi connectivity index (χ0n) is 16.7. The summed E-state index contributed by atoms with van der Waals surface area (Å²) in [5.74, 6) is -1.63. The average molecular weight is 436 g/mol. The minimum absolute atomic E-state index is 0.0350. The fraction of sp³-hybridized carbons (Fsp3) is 0.550. The lowest BCUT2D eigenvalue weighted by molar-refractivity contribution is -0.163. The second-order valence-electron chi connectivity index (χ2n) is 8.22. The van der Waals surface area contributed by atoms with Crippen molar-refractivity contribution in [2.24, 2.45) is 17.8 Å². The molecule has 156 valence electrons. The molecule has 1 aromatic rings. The maximum Gasteiger partial charge on any atom is 0.353 e. The Kier molecular flexibility index (Phi) is 5.35. The molecule has 5 atom stereocenters. The molecule has 1 amide bonds. The molecule has 0 bridgehead atoms. The van der Waals surface area contributed by atoms with Gasteiger partial charge in [0.15, 0.2) is 4.34 Å². The van der Waals surface area contributed by atoms with Crippen LogP contribution in [0.25, 0.3) is 5.57 Å². The number of hydrogen-bond acceptors (Lipinski definition) is 7. The molecule has 3 aliphatic rings. The number of aliphatic hydroxyl groups is 1. The number of thiazole rings is 1. The Labute approximate surface area is 177 Å². The summed E-state index contributed by atoms with van der Waals surface area (Å²) in [7, 11) is 0. The molecule has 4 heterocycles. The summed E-state index contributed by atoms with van der Waals surface area (Å²) in [4.78, 5) is 31.0. The summed E-state index contributed by atoms with van der Waals surface area (Å²) in [6.45, 7) is 8.62. The van der Waals surface area contributed by atoms with E-state index in [4.69, 9.17) is 4.98 Å². The van der Waals surface area contributed by atoms with Crippen LogP contribution in [0.4, 0.5) is 0 Å². The van der Waals surface area contributed by atoms with Crippen LogP contribution in [0.3, 0.4) is 0 Å². The molecule has 3 aliphatic heterocycles. The van der Waals surface area contributed by atoms with Crippen LogP contribution >= 0.6 is 23.1 Å². The largest absolute Gasteiger partial charge is 0.477 e. The van der Waals surface area contributed by atoms with Crippen LogP contribution in [-0.4, -0.2) is 56.7 Å². The molecule has 9 heteroatoms. The quantitative estimate of drug-likeness (QED) is 0.590. The van der Waals surface area contributed by atoms with E-state index in [-0.39, 0.29) is 23.6 Å². The number of carboxylic acids is 1. The number of fused-ring (bicyclic) bond motifs is 1. The lowest BCUT2D eigenvalue weighted by Crippen LogP contribution is -2.63. The van der Waals surface area contributed by atoms with Gasteiger partial charge < -0.3 is 20.4 Å². The lowest BCUT2D eigenvalue weighted by Gasteiger charge is -2.46. The topological polar surface area (TPSA) is 103 Å². The normalized spacial score (nSPS) is 29.9. The number of hydrogen-bond donors (Lipinski definition) is 3. The third-order valence-electron chi connectivity index (χ3n) is 5.95. The number of aromatic nitrogens is 1. The number of carbonyl (C=O) groups is 2. The molecule has 0 saturated carbocycles. The van der Waals surface area contributed by atoms with Crippen LogP contribution in [0.1, 0.15) is 33.4 Å². The van der Waals surface area contributed by atoms with Gasteiger partial charge in [-0.2, -0.15) is 0 Å². The van der Waals surface area contributed by atoms with E-state index in [9.17, 15) is 19.8 Å². The monoisotopic (exact) mass is 435 g/mol. The van der Waals surface area contributed by atoms with E-state index in [1.54, 1.807) is 6.92 Å². The van der Waals surface area contributed by atoms with Crippen molar-refractivity contribution in [3.05, 3.63) is 27.8 Å². The van der Waals surface area contributed by atoms with Gasteiger partial charge in [0.05, 0.1) is 23.8 Å². The number of carbonyl (C=O) groups excluding carboxylic acids is 1. The van der Waals surface area contributed by atoms with Crippen LogP contribution in [0.2, 0.25) is 0 Å².